The molecule has 0 spiro atoms. The predicted molar refractivity (Wildman–Crippen MR) is 113 cm³/mol. The zero-order chi connectivity index (χ0) is 20.5. The summed E-state index contributed by atoms with van der Waals surface area (Å²) in [4.78, 5) is 24.7. The second-order valence-electron chi connectivity index (χ2n) is 6.37. The molecule has 0 aliphatic heterocycles. The third-order valence-electron chi connectivity index (χ3n) is 4.57. The van der Waals surface area contributed by atoms with E-state index in [4.69, 9.17) is 23.9 Å². The summed E-state index contributed by atoms with van der Waals surface area (Å²) in [5, 5.41) is 3.51. The van der Waals surface area contributed by atoms with Gasteiger partial charge in [0, 0.05) is 0 Å². The van der Waals surface area contributed by atoms with Crippen molar-refractivity contribution >= 4 is 34.4 Å². The predicted octanol–water partition coefficient (Wildman–Crippen LogP) is 3.84. The molecule has 3 heterocycles. The molecule has 4 aromatic rings. The Balaban J connectivity index is 1.90. The lowest BCUT2D eigenvalue weighted by molar-refractivity contribution is 0.740. The molecule has 0 fully saturated rings. The summed E-state index contributed by atoms with van der Waals surface area (Å²) in [5.74, 6) is 0.402. The molecule has 144 valence electrons. The van der Waals surface area contributed by atoms with Gasteiger partial charge in [0.25, 0.3) is 5.69 Å². The van der Waals surface area contributed by atoms with Crippen molar-refractivity contribution in [1.29, 1.82) is 0 Å². The van der Waals surface area contributed by atoms with Crippen molar-refractivity contribution in [3.63, 3.8) is 0 Å². The van der Waals surface area contributed by atoms with Gasteiger partial charge in [0.15, 0.2) is 0 Å². The van der Waals surface area contributed by atoms with Gasteiger partial charge in [-0.1, -0.05) is 29.8 Å². The second-order valence-corrected chi connectivity index (χ2v) is 6.76. The summed E-state index contributed by atoms with van der Waals surface area (Å²) in [6, 6.07) is 14.2. The highest BCUT2D eigenvalue weighted by Crippen LogP contribution is 2.31. The molecule has 0 saturated carbocycles. The first kappa shape index (κ1) is 18.5. The highest BCUT2D eigenvalue weighted by molar-refractivity contribution is 6.30. The number of hydrogen-bond acceptors (Lipinski definition) is 5. The van der Waals surface area contributed by atoms with E-state index in [0.29, 0.717) is 27.9 Å². The van der Waals surface area contributed by atoms with Crippen LogP contribution in [0, 0.1) is 6.57 Å². The number of hydrogen-bond donors (Lipinski definition) is 2. The number of nitrogen functional groups attached to an aromatic ring is 1. The number of anilines is 2. The van der Waals surface area contributed by atoms with E-state index in [1.54, 1.807) is 16.7 Å². The maximum Gasteiger partial charge on any atom is 0.338 e. The molecule has 3 aromatic heterocycles. The van der Waals surface area contributed by atoms with Crippen LogP contribution in [0.5, 0.6) is 0 Å². The smallest absolute Gasteiger partial charge is 0.338 e. The Morgan fingerprint density at radius 3 is 2.69 bits per heavy atom. The highest BCUT2D eigenvalue weighted by atomic mass is 35.5. The Morgan fingerprint density at radius 1 is 1.21 bits per heavy atom. The van der Waals surface area contributed by atoms with Gasteiger partial charge < -0.3 is 11.1 Å². The van der Waals surface area contributed by atoms with Crippen molar-refractivity contribution < 1.29 is 0 Å². The fourth-order valence-corrected chi connectivity index (χ4v) is 3.44. The van der Waals surface area contributed by atoms with E-state index in [0.717, 1.165) is 0 Å². The topological polar surface area (TPSA) is 94.6 Å². The van der Waals surface area contributed by atoms with Crippen LogP contribution in [0.25, 0.3) is 16.0 Å². The second kappa shape index (κ2) is 7.30. The first-order chi connectivity index (χ1) is 14.0. The van der Waals surface area contributed by atoms with Crippen LogP contribution in [-0.4, -0.2) is 18.9 Å². The molecule has 0 aliphatic carbocycles. The van der Waals surface area contributed by atoms with E-state index >= 15 is 0 Å². The van der Waals surface area contributed by atoms with Crippen LogP contribution in [0.15, 0.2) is 59.7 Å². The maximum absolute atomic E-state index is 13.3. The zero-order valence-electron chi connectivity index (χ0n) is 15.4. The summed E-state index contributed by atoms with van der Waals surface area (Å²) >= 11 is 6.23. The summed E-state index contributed by atoms with van der Waals surface area (Å²) in [6.07, 6.45) is 1.29. The minimum Gasteiger partial charge on any atom is -0.392 e. The largest absolute Gasteiger partial charge is 0.392 e. The van der Waals surface area contributed by atoms with E-state index in [-0.39, 0.29) is 23.2 Å². The average molecular weight is 406 g/mol. The minimum atomic E-state index is -0.378. The molecule has 0 radical (unpaired) electrons. The van der Waals surface area contributed by atoms with Crippen molar-refractivity contribution in [3.8, 4) is 5.69 Å². The van der Waals surface area contributed by atoms with Gasteiger partial charge >= 0.3 is 5.69 Å². The van der Waals surface area contributed by atoms with E-state index < -0.39 is 0 Å². The van der Waals surface area contributed by atoms with Gasteiger partial charge in [-0.15, -0.1) is 0 Å². The number of rotatable bonds is 4. The highest BCUT2D eigenvalue weighted by Gasteiger charge is 2.19. The number of aromatic nitrogens is 4. The SMILES string of the molecule is [C-]#[N+]c1c(N)ncnc1NC(C)c1cc2ccc(Cl)n2c(=O)n1-c1ccccc1. The number of halogens is 1. The molecule has 0 amide bonds. The summed E-state index contributed by atoms with van der Waals surface area (Å²) in [6.45, 7) is 9.22. The molecule has 0 bridgehead atoms. The molecule has 1 atom stereocenters. The summed E-state index contributed by atoms with van der Waals surface area (Å²) in [5.41, 5.74) is 7.68. The average Bonchev–Trinajstić information content (AvgIpc) is 3.10. The van der Waals surface area contributed by atoms with Crippen LogP contribution in [0.3, 0.4) is 0 Å². The van der Waals surface area contributed by atoms with Crippen LogP contribution in [0.4, 0.5) is 17.3 Å². The number of benzene rings is 1. The quantitative estimate of drug-likeness (QED) is 0.503. The van der Waals surface area contributed by atoms with Crippen molar-refractivity contribution in [1.82, 2.24) is 18.9 Å². The van der Waals surface area contributed by atoms with Crippen LogP contribution in [0.2, 0.25) is 5.15 Å². The molecule has 8 nitrogen and oxygen atoms in total. The Morgan fingerprint density at radius 2 is 1.97 bits per heavy atom. The third kappa shape index (κ3) is 3.17. The first-order valence-corrected chi connectivity index (χ1v) is 9.12. The molecule has 0 saturated heterocycles. The number of nitrogens with zero attached hydrogens (tertiary/aromatic N) is 5. The Bertz CT molecular complexity index is 1300. The van der Waals surface area contributed by atoms with Crippen LogP contribution < -0.4 is 16.7 Å². The monoisotopic (exact) mass is 405 g/mol. The Labute approximate surface area is 171 Å². The van der Waals surface area contributed by atoms with Crippen molar-refractivity contribution in [3.05, 3.63) is 87.6 Å². The molecule has 0 aliphatic rings. The lowest BCUT2D eigenvalue weighted by atomic mass is 10.2. The molecule has 29 heavy (non-hydrogen) atoms. The first-order valence-electron chi connectivity index (χ1n) is 8.74. The van der Waals surface area contributed by atoms with Crippen LogP contribution in [0.1, 0.15) is 18.7 Å². The molecule has 1 aromatic carbocycles. The molecule has 3 N–H and O–H groups in total. The van der Waals surface area contributed by atoms with Crippen molar-refractivity contribution in [2.24, 2.45) is 0 Å². The number of nitrogens with two attached hydrogens (primary N) is 1. The van der Waals surface area contributed by atoms with Crippen LogP contribution >= 0.6 is 11.6 Å². The van der Waals surface area contributed by atoms with Gasteiger partial charge in [-0.25, -0.2) is 19.6 Å². The van der Waals surface area contributed by atoms with Gasteiger partial charge in [-0.05, 0) is 37.3 Å². The molecule has 9 heteroatoms. The Kier molecular flexibility index (Phi) is 4.66. The number of para-hydroxylation sites is 1. The summed E-state index contributed by atoms with van der Waals surface area (Å²) < 4.78 is 3.02. The molecular weight excluding hydrogens is 390 g/mol. The zero-order valence-corrected chi connectivity index (χ0v) is 16.1. The van der Waals surface area contributed by atoms with Gasteiger partial charge in [-0.3, -0.25) is 8.97 Å². The molecular formula is C20H16ClN7O. The fourth-order valence-electron chi connectivity index (χ4n) is 3.21. The Hall–Kier alpha value is -3.83. The molecule has 4 rings (SSSR count). The lowest BCUT2D eigenvalue weighted by Gasteiger charge is -2.21. The van der Waals surface area contributed by atoms with E-state index in [1.165, 1.54) is 10.7 Å². The van der Waals surface area contributed by atoms with Crippen molar-refractivity contribution in [2.75, 3.05) is 11.1 Å². The van der Waals surface area contributed by atoms with Gasteiger partial charge in [0.2, 0.25) is 0 Å². The van der Waals surface area contributed by atoms with E-state index in [9.17, 15) is 4.79 Å². The maximum atomic E-state index is 13.3. The van der Waals surface area contributed by atoms with Gasteiger partial charge in [0.05, 0.1) is 29.5 Å². The van der Waals surface area contributed by atoms with E-state index in [2.05, 4.69) is 20.1 Å². The number of fused-ring (bicyclic) bond motifs is 1. The van der Waals surface area contributed by atoms with E-state index in [1.807, 2.05) is 43.3 Å². The third-order valence-corrected chi connectivity index (χ3v) is 4.87. The standard InChI is InChI=1S/C20H16ClN7O/c1-12(26-19-17(23-2)18(22)24-11-25-19)15-10-14-8-9-16(21)28(14)20(29)27(15)13-6-4-3-5-7-13/h3-12H,1H3,(H3,22,24,25,26). The normalized spacial score (nSPS) is 11.9. The fraction of sp³-hybridized carbons (Fsp3) is 0.100. The lowest BCUT2D eigenvalue weighted by Crippen LogP contribution is -2.30. The van der Waals surface area contributed by atoms with Gasteiger partial charge in [-0.2, -0.15) is 0 Å². The number of nitrogens with one attached hydrogen (secondary N) is 1. The minimum absolute atomic E-state index is 0.0963. The van der Waals surface area contributed by atoms with Crippen LogP contribution in [-0.2, 0) is 0 Å². The summed E-state index contributed by atoms with van der Waals surface area (Å²) in [7, 11) is 0. The van der Waals surface area contributed by atoms with Crippen molar-refractivity contribution in [2.45, 2.75) is 13.0 Å². The van der Waals surface area contributed by atoms with Gasteiger partial charge in [0.1, 0.15) is 23.1 Å². The molecule has 1 unspecified atom stereocenters.